The van der Waals surface area contributed by atoms with Crippen LogP contribution in [0.2, 0.25) is 0 Å². The molecule has 0 spiro atoms. The van der Waals surface area contributed by atoms with Gasteiger partial charge in [-0.2, -0.15) is 0 Å². The van der Waals surface area contributed by atoms with Crippen molar-refractivity contribution < 1.29 is 0 Å². The van der Waals surface area contributed by atoms with E-state index in [4.69, 9.17) is 0 Å². The van der Waals surface area contributed by atoms with Crippen molar-refractivity contribution in [3.05, 3.63) is 348 Å². The highest BCUT2D eigenvalue weighted by atomic mass is 15.0. The van der Waals surface area contributed by atoms with Crippen molar-refractivity contribution >= 4 is 131 Å². The van der Waals surface area contributed by atoms with Gasteiger partial charge in [0.1, 0.15) is 0 Å². The first-order chi connectivity index (χ1) is 55.5. The molecule has 113 heavy (non-hydrogen) atoms. The molecule has 0 aliphatic heterocycles. The van der Waals surface area contributed by atoms with E-state index in [1.165, 1.54) is 225 Å². The number of aromatic nitrogens is 6. The molecule has 1 aliphatic rings. The van der Waals surface area contributed by atoms with E-state index in [-0.39, 0.29) is 5.41 Å². The first-order valence-electron chi connectivity index (χ1n) is 41.6. The molecule has 0 atom stereocenters. The Morgan fingerprint density at radius 2 is 0.389 bits per heavy atom. The summed E-state index contributed by atoms with van der Waals surface area (Å²) in [4.78, 5) is 0. The maximum absolute atomic E-state index is 2.57. The molecule has 6 nitrogen and oxygen atoms in total. The average Bonchev–Trinajstić information content (AvgIpc) is 1.55. The number of fused-ring (bicyclic) bond motifs is 21. The summed E-state index contributed by atoms with van der Waals surface area (Å²) >= 11 is 0. The van der Waals surface area contributed by atoms with E-state index in [1.54, 1.807) is 0 Å². The molecule has 0 saturated carbocycles. The quantitative estimate of drug-likeness (QED) is 0.0681. The molecule has 20 aromatic rings. The van der Waals surface area contributed by atoms with E-state index in [0.29, 0.717) is 0 Å². The third-order valence-corrected chi connectivity index (χ3v) is 25.2. The lowest BCUT2D eigenvalue weighted by Crippen LogP contribution is -2.27. The Kier molecular flexibility index (Phi) is 19.0. The molecule has 558 valence electrons. The fraction of sp³-hybridized carbons (Fsp3) is 0.215. The van der Waals surface area contributed by atoms with E-state index in [1.807, 2.05) is 0 Å². The minimum atomic E-state index is -0.0276. The largest absolute Gasteiger partial charge is 0.340 e. The first-order valence-corrected chi connectivity index (χ1v) is 41.6. The molecule has 1 aliphatic carbocycles. The number of rotatable bonds is 20. The zero-order chi connectivity index (χ0) is 76.3. The number of hydrogen-bond donors (Lipinski definition) is 0. The van der Waals surface area contributed by atoms with Crippen LogP contribution in [-0.4, -0.2) is 27.4 Å². The van der Waals surface area contributed by atoms with Crippen molar-refractivity contribution in [1.29, 1.82) is 0 Å². The number of nitrogens with zero attached hydrogens (tertiary/aromatic N) is 6. The second-order valence-corrected chi connectivity index (χ2v) is 32.6. The van der Waals surface area contributed by atoms with Crippen LogP contribution in [0.3, 0.4) is 0 Å². The normalized spacial score (nSPS) is 12.6. The monoisotopic (exact) mass is 1470 g/mol. The molecule has 0 radical (unpaired) electrons. The van der Waals surface area contributed by atoms with Crippen LogP contribution in [0, 0.1) is 41.5 Å². The number of para-hydroxylation sites is 8. The van der Waals surface area contributed by atoms with E-state index in [2.05, 4.69) is 372 Å². The molecule has 0 amide bonds. The Labute approximate surface area is 663 Å². The van der Waals surface area contributed by atoms with Crippen LogP contribution in [-0.2, 0) is 44.7 Å². The van der Waals surface area contributed by atoms with Gasteiger partial charge in [-0.05, 0) is 224 Å². The second-order valence-electron chi connectivity index (χ2n) is 32.6. The van der Waals surface area contributed by atoms with Gasteiger partial charge < -0.3 is 27.4 Å². The summed E-state index contributed by atoms with van der Waals surface area (Å²) in [6, 6.07) is 113. The molecule has 0 bridgehead atoms. The van der Waals surface area contributed by atoms with Crippen molar-refractivity contribution in [2.75, 3.05) is 0 Å². The van der Waals surface area contributed by atoms with Crippen molar-refractivity contribution in [3.63, 3.8) is 0 Å². The fourth-order valence-corrected chi connectivity index (χ4v) is 20.0. The summed E-state index contributed by atoms with van der Waals surface area (Å²) in [7, 11) is 0. The van der Waals surface area contributed by atoms with E-state index >= 15 is 0 Å². The molecule has 6 aromatic heterocycles. The van der Waals surface area contributed by atoms with Crippen molar-refractivity contribution in [2.24, 2.45) is 0 Å². The van der Waals surface area contributed by atoms with Crippen LogP contribution in [0.4, 0.5) is 0 Å². The fourth-order valence-electron chi connectivity index (χ4n) is 20.0. The molecule has 0 fully saturated rings. The Hall–Kier alpha value is -12.1. The SMILES string of the molecule is Cc1ccc2c(c1)C(CCCn1c3ccccc3c3ccccc31)(CCCn1c3ccccc3c3ccccc31)c1cc(C)ccc1-2.Cc1ccc2c(c1)c1cc(C)ccc1n2CCCCCn1c2ccccc2c2ccccc21.Cc1ccc2c3ccc(C)cc3n(CCCCCn3c4ccccc4c4ccccc43)c2c1. The zero-order valence-electron chi connectivity index (χ0n) is 66.4. The highest BCUT2D eigenvalue weighted by Crippen LogP contribution is 2.55. The minimum absolute atomic E-state index is 0.0276. The summed E-state index contributed by atoms with van der Waals surface area (Å²) in [5.41, 5.74) is 30.2. The van der Waals surface area contributed by atoms with Gasteiger partial charge in [-0.15, -0.1) is 0 Å². The first kappa shape index (κ1) is 71.2. The van der Waals surface area contributed by atoms with Gasteiger partial charge in [0.05, 0.1) is 0 Å². The molecular formula is C107H100N6. The van der Waals surface area contributed by atoms with Crippen LogP contribution >= 0.6 is 0 Å². The molecule has 14 aromatic carbocycles. The van der Waals surface area contributed by atoms with Crippen LogP contribution in [0.1, 0.15) is 109 Å². The summed E-state index contributed by atoms with van der Waals surface area (Å²) in [5.74, 6) is 0. The average molecular weight is 1470 g/mol. The van der Waals surface area contributed by atoms with Crippen LogP contribution in [0.25, 0.3) is 142 Å². The van der Waals surface area contributed by atoms with Gasteiger partial charge in [-0.1, -0.05) is 241 Å². The van der Waals surface area contributed by atoms with Crippen LogP contribution < -0.4 is 0 Å². The van der Waals surface area contributed by atoms with Crippen molar-refractivity contribution in [2.45, 2.75) is 150 Å². The third-order valence-electron chi connectivity index (χ3n) is 25.2. The third kappa shape index (κ3) is 12.9. The molecule has 0 unspecified atom stereocenters. The van der Waals surface area contributed by atoms with Crippen molar-refractivity contribution in [1.82, 2.24) is 27.4 Å². The maximum Gasteiger partial charge on any atom is 0.0494 e. The summed E-state index contributed by atoms with van der Waals surface area (Å²) < 4.78 is 15.2. The molecule has 0 saturated heterocycles. The van der Waals surface area contributed by atoms with Gasteiger partial charge in [0.2, 0.25) is 0 Å². The molecule has 21 rings (SSSR count). The van der Waals surface area contributed by atoms with Crippen molar-refractivity contribution in [3.8, 4) is 11.1 Å². The Morgan fingerprint density at radius 1 is 0.177 bits per heavy atom. The Bertz CT molecular complexity index is 6480. The Morgan fingerprint density at radius 3 is 0.681 bits per heavy atom. The highest BCUT2D eigenvalue weighted by Gasteiger charge is 2.43. The van der Waals surface area contributed by atoms with E-state index < -0.39 is 0 Å². The molecule has 0 N–H and O–H groups in total. The van der Waals surface area contributed by atoms with Crippen LogP contribution in [0.5, 0.6) is 0 Å². The standard InChI is InChI=1S/C45H40N2.2C31H30N2/c1-31-21-23-33-34-24-22-32(2)30-40(34)45(39(33)29-31,25-11-27-46-41-17-7-3-13-35(41)36-14-4-8-18-42(36)46)26-12-28-47-43-19-9-5-15-37(43)38-16-6-10-20-44(38)47;1-22-14-16-30-26(20-22)27-21-23(2)15-17-31(27)33(30)19-9-3-8-18-32-28-12-6-4-10-24(28)25-11-5-7-13-29(25)32;1-22-14-16-26-27-17-15-23(2)21-31(27)33(30(26)20-22)19-9-3-8-18-32-28-12-6-4-10-24(28)25-11-5-7-13-29(25)32/h3-10,13-24,29-30H,11-12,25-28H2,1-2H3;2*4-7,10-17,20-21H,3,8-9,18-19H2,1-2H3. The predicted molar refractivity (Wildman–Crippen MR) is 484 cm³/mol. The van der Waals surface area contributed by atoms with Crippen LogP contribution in [0.15, 0.2) is 303 Å². The smallest absolute Gasteiger partial charge is 0.0494 e. The highest BCUT2D eigenvalue weighted by molar-refractivity contribution is 6.13. The van der Waals surface area contributed by atoms with Gasteiger partial charge in [0.25, 0.3) is 0 Å². The summed E-state index contributed by atoms with van der Waals surface area (Å²) in [6.45, 7) is 19.6. The lowest BCUT2D eigenvalue weighted by Gasteiger charge is -2.33. The van der Waals surface area contributed by atoms with E-state index in [9.17, 15) is 0 Å². The number of aryl methyl sites for hydroxylation is 12. The van der Waals surface area contributed by atoms with Gasteiger partial charge in [0, 0.05) is 176 Å². The lowest BCUT2D eigenvalue weighted by molar-refractivity contribution is 0.397. The lowest BCUT2D eigenvalue weighted by atomic mass is 9.71. The topological polar surface area (TPSA) is 29.6 Å². The zero-order valence-corrected chi connectivity index (χ0v) is 66.4. The number of unbranched alkanes of at least 4 members (excludes halogenated alkanes) is 4. The molecule has 6 heterocycles. The maximum atomic E-state index is 2.57. The molecular weight excluding hydrogens is 1370 g/mol. The summed E-state index contributed by atoms with van der Waals surface area (Å²) in [5, 5.41) is 16.4. The second kappa shape index (κ2) is 30.2. The van der Waals surface area contributed by atoms with E-state index in [0.717, 1.165) is 65.0 Å². The number of benzene rings is 14. The minimum Gasteiger partial charge on any atom is -0.340 e. The number of hydrogen-bond acceptors (Lipinski definition) is 0. The van der Waals surface area contributed by atoms with Gasteiger partial charge in [0.15, 0.2) is 0 Å². The summed E-state index contributed by atoms with van der Waals surface area (Å²) in [6.07, 6.45) is 11.7. The van der Waals surface area contributed by atoms with Gasteiger partial charge in [-0.3, -0.25) is 0 Å². The Balaban J connectivity index is 0.000000117. The van der Waals surface area contributed by atoms with Gasteiger partial charge in [-0.25, -0.2) is 0 Å². The molecule has 6 heteroatoms. The van der Waals surface area contributed by atoms with Gasteiger partial charge >= 0.3 is 0 Å². The predicted octanol–water partition coefficient (Wildman–Crippen LogP) is 28.5.